The Morgan fingerprint density at radius 2 is 2.23 bits per heavy atom. The third-order valence-electron chi connectivity index (χ3n) is 2.50. The predicted octanol–water partition coefficient (Wildman–Crippen LogP) is 2.16. The van der Waals surface area contributed by atoms with Gasteiger partial charge < -0.3 is 5.11 Å². The first-order chi connectivity index (χ1) is 6.31. The van der Waals surface area contributed by atoms with Crippen LogP contribution in [0.4, 0.5) is 0 Å². The molecule has 0 aliphatic heterocycles. The van der Waals surface area contributed by atoms with Crippen LogP contribution in [0.2, 0.25) is 0 Å². The van der Waals surface area contributed by atoms with E-state index in [2.05, 4.69) is 0 Å². The fourth-order valence-electron chi connectivity index (χ4n) is 1.55. The van der Waals surface area contributed by atoms with Gasteiger partial charge in [0.2, 0.25) is 0 Å². The zero-order valence-electron chi connectivity index (χ0n) is 7.36. The van der Waals surface area contributed by atoms with Crippen molar-refractivity contribution in [3.63, 3.8) is 0 Å². The van der Waals surface area contributed by atoms with Crippen molar-refractivity contribution in [2.75, 3.05) is 0 Å². The summed E-state index contributed by atoms with van der Waals surface area (Å²) in [5.41, 5.74) is 1.45. The molecule has 0 radical (unpaired) electrons. The molecule has 0 atom stereocenters. The Labute approximate surface area is 77.2 Å². The number of hydrogen-bond donors (Lipinski definition) is 1. The summed E-state index contributed by atoms with van der Waals surface area (Å²) in [6.07, 6.45) is 4.19. The third kappa shape index (κ3) is 1.72. The van der Waals surface area contributed by atoms with Gasteiger partial charge in [-0.3, -0.25) is 4.79 Å². The van der Waals surface area contributed by atoms with Crippen LogP contribution in [0.3, 0.4) is 0 Å². The van der Waals surface area contributed by atoms with Gasteiger partial charge in [-0.05, 0) is 36.8 Å². The molecule has 0 aromatic heterocycles. The maximum absolute atomic E-state index is 10.7. The van der Waals surface area contributed by atoms with Crippen molar-refractivity contribution in [3.05, 3.63) is 29.3 Å². The summed E-state index contributed by atoms with van der Waals surface area (Å²) in [5.74, 6) is 0.841. The van der Waals surface area contributed by atoms with Crippen LogP contribution in [-0.2, 0) is 6.42 Å². The van der Waals surface area contributed by atoms with Crippen LogP contribution >= 0.6 is 0 Å². The van der Waals surface area contributed by atoms with Gasteiger partial charge in [-0.2, -0.15) is 0 Å². The number of phenolic OH excluding ortho intramolecular Hbond substituents is 1. The summed E-state index contributed by atoms with van der Waals surface area (Å²) in [6, 6.07) is 5.27. The second-order valence-corrected chi connectivity index (χ2v) is 3.62. The van der Waals surface area contributed by atoms with E-state index in [4.69, 9.17) is 0 Å². The molecule has 13 heavy (non-hydrogen) atoms. The molecule has 2 heteroatoms. The van der Waals surface area contributed by atoms with Gasteiger partial charge in [0.15, 0.2) is 6.29 Å². The highest BCUT2D eigenvalue weighted by atomic mass is 16.3. The molecule has 1 aliphatic rings. The quantitative estimate of drug-likeness (QED) is 0.716. The highest BCUT2D eigenvalue weighted by Gasteiger charge is 2.23. The molecule has 0 amide bonds. The fourth-order valence-corrected chi connectivity index (χ4v) is 1.55. The average Bonchev–Trinajstić information content (AvgIpc) is 2.89. The van der Waals surface area contributed by atoms with Crippen LogP contribution in [0.1, 0.15) is 28.8 Å². The lowest BCUT2D eigenvalue weighted by Gasteiger charge is -2.04. The van der Waals surface area contributed by atoms with Gasteiger partial charge in [-0.1, -0.05) is 12.1 Å². The molecule has 1 saturated carbocycles. The Bertz CT molecular complexity index is 327. The van der Waals surface area contributed by atoms with Crippen LogP contribution in [0.15, 0.2) is 18.2 Å². The molecule has 0 heterocycles. The number of phenols is 1. The van der Waals surface area contributed by atoms with Crippen molar-refractivity contribution < 1.29 is 9.90 Å². The summed E-state index contributed by atoms with van der Waals surface area (Å²) in [6.45, 7) is 0. The van der Waals surface area contributed by atoms with Gasteiger partial charge in [-0.15, -0.1) is 0 Å². The van der Waals surface area contributed by atoms with Crippen LogP contribution in [0.5, 0.6) is 5.75 Å². The molecule has 1 fully saturated rings. The van der Waals surface area contributed by atoms with Gasteiger partial charge in [-0.25, -0.2) is 0 Å². The maximum atomic E-state index is 10.7. The second-order valence-electron chi connectivity index (χ2n) is 3.62. The van der Waals surface area contributed by atoms with Gasteiger partial charge in [0.05, 0.1) is 5.56 Å². The zero-order chi connectivity index (χ0) is 9.26. The van der Waals surface area contributed by atoms with Crippen molar-refractivity contribution >= 4 is 6.29 Å². The second kappa shape index (κ2) is 3.21. The van der Waals surface area contributed by atoms with E-state index in [-0.39, 0.29) is 5.75 Å². The molecule has 0 unspecified atom stereocenters. The minimum absolute atomic E-state index is 0.105. The van der Waals surface area contributed by atoms with E-state index in [1.54, 1.807) is 12.1 Å². The van der Waals surface area contributed by atoms with Crippen LogP contribution in [0, 0.1) is 5.92 Å². The Morgan fingerprint density at radius 3 is 2.85 bits per heavy atom. The molecule has 1 aromatic rings. The normalized spacial score (nSPS) is 15.7. The van der Waals surface area contributed by atoms with E-state index in [0.717, 1.165) is 24.2 Å². The first kappa shape index (κ1) is 8.30. The molecule has 68 valence electrons. The SMILES string of the molecule is O=Cc1c(O)cccc1CC1CC1. The van der Waals surface area contributed by atoms with Gasteiger partial charge in [0.25, 0.3) is 0 Å². The summed E-state index contributed by atoms with van der Waals surface area (Å²) in [5, 5.41) is 9.39. The number of carbonyl (C=O) groups excluding carboxylic acids is 1. The smallest absolute Gasteiger partial charge is 0.154 e. The summed E-state index contributed by atoms with van der Waals surface area (Å²) in [4.78, 5) is 10.7. The Kier molecular flexibility index (Phi) is 2.05. The molecule has 2 nitrogen and oxygen atoms in total. The molecular weight excluding hydrogens is 164 g/mol. The largest absolute Gasteiger partial charge is 0.507 e. The number of carbonyl (C=O) groups is 1. The zero-order valence-corrected chi connectivity index (χ0v) is 7.36. The summed E-state index contributed by atoms with van der Waals surface area (Å²) < 4.78 is 0. The summed E-state index contributed by atoms with van der Waals surface area (Å²) in [7, 11) is 0. The number of benzene rings is 1. The monoisotopic (exact) mass is 176 g/mol. The first-order valence-corrected chi connectivity index (χ1v) is 4.57. The number of aldehydes is 1. The standard InChI is InChI=1S/C11H12O2/c12-7-10-9(6-8-4-5-8)2-1-3-11(10)13/h1-3,7-8,13H,4-6H2. The molecular formula is C11H12O2. The topological polar surface area (TPSA) is 37.3 Å². The Hall–Kier alpha value is -1.31. The van der Waals surface area contributed by atoms with Crippen molar-refractivity contribution in [1.82, 2.24) is 0 Å². The van der Waals surface area contributed by atoms with E-state index < -0.39 is 0 Å². The number of hydrogen-bond acceptors (Lipinski definition) is 2. The minimum Gasteiger partial charge on any atom is -0.507 e. The van der Waals surface area contributed by atoms with Crippen LogP contribution in [-0.4, -0.2) is 11.4 Å². The summed E-state index contributed by atoms with van der Waals surface area (Å²) >= 11 is 0. The maximum Gasteiger partial charge on any atom is 0.154 e. The first-order valence-electron chi connectivity index (χ1n) is 4.57. The highest BCUT2D eigenvalue weighted by molar-refractivity contribution is 5.81. The molecule has 0 bridgehead atoms. The Morgan fingerprint density at radius 1 is 1.46 bits per heavy atom. The van der Waals surface area contributed by atoms with Gasteiger partial charge >= 0.3 is 0 Å². The highest BCUT2D eigenvalue weighted by Crippen LogP contribution is 2.34. The Balaban J connectivity index is 2.30. The van der Waals surface area contributed by atoms with Gasteiger partial charge in [0.1, 0.15) is 5.75 Å². The van der Waals surface area contributed by atoms with E-state index in [9.17, 15) is 9.90 Å². The van der Waals surface area contributed by atoms with E-state index in [0.29, 0.717) is 5.56 Å². The lowest BCUT2D eigenvalue weighted by molar-refractivity contribution is 0.112. The minimum atomic E-state index is 0.105. The molecule has 1 N–H and O–H groups in total. The lowest BCUT2D eigenvalue weighted by Crippen LogP contribution is -1.94. The van der Waals surface area contributed by atoms with Gasteiger partial charge in [0, 0.05) is 0 Å². The third-order valence-corrected chi connectivity index (χ3v) is 2.50. The molecule has 2 rings (SSSR count). The number of aromatic hydroxyl groups is 1. The molecule has 0 saturated heterocycles. The van der Waals surface area contributed by atoms with E-state index in [1.165, 1.54) is 12.8 Å². The predicted molar refractivity (Wildman–Crippen MR) is 49.9 cm³/mol. The molecule has 0 spiro atoms. The molecule has 1 aliphatic carbocycles. The van der Waals surface area contributed by atoms with Crippen LogP contribution in [0.25, 0.3) is 0 Å². The van der Waals surface area contributed by atoms with Crippen molar-refractivity contribution in [2.24, 2.45) is 5.92 Å². The van der Waals surface area contributed by atoms with E-state index >= 15 is 0 Å². The fraction of sp³-hybridized carbons (Fsp3) is 0.364. The van der Waals surface area contributed by atoms with Crippen molar-refractivity contribution in [1.29, 1.82) is 0 Å². The average molecular weight is 176 g/mol. The number of rotatable bonds is 3. The van der Waals surface area contributed by atoms with Crippen molar-refractivity contribution in [3.8, 4) is 5.75 Å². The van der Waals surface area contributed by atoms with Crippen molar-refractivity contribution in [2.45, 2.75) is 19.3 Å². The lowest BCUT2D eigenvalue weighted by atomic mass is 10.0. The molecule has 1 aromatic carbocycles. The van der Waals surface area contributed by atoms with Crippen LogP contribution < -0.4 is 0 Å². The van der Waals surface area contributed by atoms with E-state index in [1.807, 2.05) is 6.07 Å².